The Balaban J connectivity index is 1.23. The largest absolute Gasteiger partial charge is 0.508 e. The van der Waals surface area contributed by atoms with Crippen molar-refractivity contribution in [2.75, 3.05) is 51.3 Å². The van der Waals surface area contributed by atoms with Crippen LogP contribution < -0.4 is 14.4 Å². The number of hydrogen-bond donors (Lipinski definition) is 1. The van der Waals surface area contributed by atoms with Crippen molar-refractivity contribution in [1.29, 1.82) is 5.26 Å². The van der Waals surface area contributed by atoms with E-state index in [-0.39, 0.29) is 93.6 Å². The number of benzene rings is 2. The van der Waals surface area contributed by atoms with Crippen LogP contribution in [0.3, 0.4) is 0 Å². The number of likely N-dealkylation sites (tertiary alicyclic amines) is 1. The van der Waals surface area contributed by atoms with Gasteiger partial charge in [-0.1, -0.05) is 12.0 Å². The number of fused-ring (bicyclic) bond motifs is 4. The Morgan fingerprint density at radius 3 is 2.48 bits per heavy atom. The molecule has 2 aromatic carbocycles. The van der Waals surface area contributed by atoms with Gasteiger partial charge in [-0.05, 0) is 62.1 Å². The average molecular weight is 740 g/mol. The van der Waals surface area contributed by atoms with Gasteiger partial charge in [-0.15, -0.1) is 6.42 Å². The molecule has 280 valence electrons. The number of hydrogen-bond acceptors (Lipinski definition) is 10. The minimum Gasteiger partial charge on any atom is -0.508 e. The Morgan fingerprint density at radius 2 is 1.81 bits per heavy atom. The second kappa shape index (κ2) is 14.1. The van der Waals surface area contributed by atoms with E-state index >= 15 is 8.78 Å². The van der Waals surface area contributed by atoms with Gasteiger partial charge in [0.25, 0.3) is 0 Å². The molecule has 8 rings (SSSR count). The lowest BCUT2D eigenvalue weighted by Crippen LogP contribution is -2.56. The number of halogens is 3. The van der Waals surface area contributed by atoms with Crippen LogP contribution in [0, 0.1) is 40.7 Å². The number of amides is 1. The molecule has 2 aromatic heterocycles. The minimum absolute atomic E-state index is 0.00657. The highest BCUT2D eigenvalue weighted by atomic mass is 19.1. The Hall–Kier alpha value is -5.34. The number of aromatic hydroxyl groups is 1. The smallest absolute Gasteiger partial charge is 0.319 e. The maximum absolute atomic E-state index is 17.2. The zero-order valence-electron chi connectivity index (χ0n) is 30.0. The highest BCUT2D eigenvalue weighted by molar-refractivity contribution is 6.04. The predicted molar refractivity (Wildman–Crippen MR) is 195 cm³/mol. The van der Waals surface area contributed by atoms with Crippen LogP contribution in [0.5, 0.6) is 17.6 Å². The van der Waals surface area contributed by atoms with E-state index in [0.717, 1.165) is 32.2 Å². The molecule has 0 spiro atoms. The van der Waals surface area contributed by atoms with E-state index in [1.807, 2.05) is 9.80 Å². The number of aromatic nitrogens is 3. The van der Waals surface area contributed by atoms with E-state index in [1.54, 1.807) is 0 Å². The molecule has 54 heavy (non-hydrogen) atoms. The van der Waals surface area contributed by atoms with Crippen LogP contribution in [0.2, 0.25) is 0 Å². The number of anilines is 1. The summed E-state index contributed by atoms with van der Waals surface area (Å²) >= 11 is 0. The Kier molecular flexibility index (Phi) is 9.34. The summed E-state index contributed by atoms with van der Waals surface area (Å²) in [6.07, 6.45) is 9.63. The summed E-state index contributed by atoms with van der Waals surface area (Å²) in [6, 6.07) is 7.03. The molecule has 4 aromatic rings. The van der Waals surface area contributed by atoms with E-state index in [0.29, 0.717) is 50.2 Å². The maximum atomic E-state index is 17.2. The topological polar surface area (TPSA) is 128 Å². The molecule has 3 saturated heterocycles. The molecular weight excluding hydrogens is 699 g/mol. The van der Waals surface area contributed by atoms with Crippen LogP contribution >= 0.6 is 0 Å². The summed E-state index contributed by atoms with van der Waals surface area (Å²) in [5.41, 5.74) is -0.637. The quantitative estimate of drug-likeness (QED) is 0.197. The van der Waals surface area contributed by atoms with Crippen LogP contribution in [0.25, 0.3) is 32.9 Å². The lowest BCUT2D eigenvalue weighted by atomic mass is 9.95. The van der Waals surface area contributed by atoms with Gasteiger partial charge in [0.05, 0.1) is 25.3 Å². The summed E-state index contributed by atoms with van der Waals surface area (Å²) < 4.78 is 58.3. The number of alkyl halides is 1. The summed E-state index contributed by atoms with van der Waals surface area (Å²) in [4.78, 5) is 33.3. The molecule has 14 heteroatoms. The van der Waals surface area contributed by atoms with Crippen LogP contribution in [0.4, 0.5) is 19.0 Å². The molecule has 4 aliphatic rings. The van der Waals surface area contributed by atoms with Gasteiger partial charge >= 0.3 is 6.01 Å². The van der Waals surface area contributed by atoms with Gasteiger partial charge in [-0.25, -0.2) is 18.2 Å². The number of phenols is 1. The van der Waals surface area contributed by atoms with E-state index in [4.69, 9.17) is 26.1 Å². The number of terminal acetylenes is 1. The number of nitriles is 1. The molecule has 2 bridgehead atoms. The monoisotopic (exact) mass is 739 g/mol. The molecule has 3 aliphatic heterocycles. The van der Waals surface area contributed by atoms with Crippen molar-refractivity contribution in [2.24, 2.45) is 5.41 Å². The highest BCUT2D eigenvalue weighted by Crippen LogP contribution is 2.48. The third kappa shape index (κ3) is 6.47. The van der Waals surface area contributed by atoms with E-state index < -0.39 is 17.8 Å². The lowest BCUT2D eigenvalue weighted by molar-refractivity contribution is -0.134. The highest BCUT2D eigenvalue weighted by Gasteiger charge is 2.46. The number of piperazine rings is 1. The summed E-state index contributed by atoms with van der Waals surface area (Å²) in [7, 11) is 1.39. The molecule has 5 heterocycles. The maximum Gasteiger partial charge on any atom is 0.319 e. The number of nitrogens with zero attached hydrogens (tertiary/aromatic N) is 7. The number of ether oxygens (including phenoxy) is 2. The number of rotatable bonds is 10. The Labute approximate surface area is 310 Å². The minimum atomic E-state index is -0.873. The van der Waals surface area contributed by atoms with Crippen molar-refractivity contribution in [3.8, 4) is 47.3 Å². The number of methoxy groups -OCH3 is 1. The third-order valence-corrected chi connectivity index (χ3v) is 11.4. The van der Waals surface area contributed by atoms with Gasteiger partial charge in [-0.2, -0.15) is 15.2 Å². The van der Waals surface area contributed by atoms with Gasteiger partial charge in [-0.3, -0.25) is 4.79 Å². The fourth-order valence-electron chi connectivity index (χ4n) is 8.53. The predicted octanol–water partition coefficient (Wildman–Crippen LogP) is 5.89. The molecule has 1 saturated carbocycles. The third-order valence-electron chi connectivity index (χ3n) is 11.4. The van der Waals surface area contributed by atoms with Crippen molar-refractivity contribution in [1.82, 2.24) is 24.8 Å². The first-order chi connectivity index (χ1) is 26.1. The van der Waals surface area contributed by atoms with Crippen LogP contribution in [0.15, 0.2) is 24.3 Å². The summed E-state index contributed by atoms with van der Waals surface area (Å²) in [5, 5.41) is 20.5. The van der Waals surface area contributed by atoms with Crippen molar-refractivity contribution >= 4 is 33.4 Å². The molecule has 1 amide bonds. The second-order valence-corrected chi connectivity index (χ2v) is 15.0. The molecule has 2 atom stereocenters. The summed E-state index contributed by atoms with van der Waals surface area (Å²) in [5.74, 6) is 0.853. The van der Waals surface area contributed by atoms with Gasteiger partial charge in [0.15, 0.2) is 5.82 Å². The number of phenolic OH excluding ortho intramolecular Hbond substituents is 1. The molecule has 1 aliphatic carbocycles. The fraction of sp³-hybridized carbons (Fsp3) is 0.475. The number of piperidine rings is 1. The fourth-order valence-corrected chi connectivity index (χ4v) is 8.53. The van der Waals surface area contributed by atoms with Crippen molar-refractivity contribution in [3.05, 3.63) is 41.5 Å². The lowest BCUT2D eigenvalue weighted by Gasteiger charge is -2.42. The number of pyridine rings is 1. The number of carbonyl (C=O) groups is 1. The van der Waals surface area contributed by atoms with Gasteiger partial charge in [0, 0.05) is 74.0 Å². The molecular formula is C40H40F3N7O4. The molecule has 11 nitrogen and oxygen atoms in total. The van der Waals surface area contributed by atoms with Crippen LogP contribution in [0.1, 0.15) is 56.9 Å². The van der Waals surface area contributed by atoms with E-state index in [2.05, 4.69) is 26.9 Å². The Morgan fingerprint density at radius 1 is 1.07 bits per heavy atom. The van der Waals surface area contributed by atoms with E-state index in [9.17, 15) is 14.3 Å². The number of carbonyl (C=O) groups excluding carboxylic acids is 1. The molecule has 1 N–H and O–H groups in total. The van der Waals surface area contributed by atoms with Crippen molar-refractivity contribution in [3.63, 3.8) is 0 Å². The van der Waals surface area contributed by atoms with Gasteiger partial charge < -0.3 is 29.3 Å². The molecule has 4 fully saturated rings. The first-order valence-electron chi connectivity index (χ1n) is 18.4. The van der Waals surface area contributed by atoms with Gasteiger partial charge in [0.2, 0.25) is 11.8 Å². The zero-order valence-corrected chi connectivity index (χ0v) is 30.0. The van der Waals surface area contributed by atoms with Crippen LogP contribution in [-0.2, 0) is 4.79 Å². The van der Waals surface area contributed by atoms with Crippen molar-refractivity contribution in [2.45, 2.75) is 69.6 Å². The average Bonchev–Trinajstić information content (AvgIpc) is 3.89. The van der Waals surface area contributed by atoms with E-state index in [1.165, 1.54) is 31.4 Å². The first-order valence-corrected chi connectivity index (χ1v) is 18.4. The standard InChI is InChI=1S/C40H40F3N7O4/c1-3-28-30(42)9-6-23-17-27(51)18-29(32(23)28)35-34(43)36-33(38(45-35)53-2)37(49-19-25-7-8-26(20-49)50(25)31(52)5-4-14-44)47-39(46-36)54-22-40(12-13-40)21-48-15-10-24(41)11-16-48/h1,6,9,17-18,24-26,51H,4-5,7-8,10-13,15-16,19-22H2,2H3. The van der Waals surface area contributed by atoms with Crippen molar-refractivity contribution < 1.29 is 32.5 Å². The van der Waals surface area contributed by atoms with Gasteiger partial charge in [0.1, 0.15) is 40.2 Å². The second-order valence-electron chi connectivity index (χ2n) is 15.0. The zero-order chi connectivity index (χ0) is 37.7. The Bertz CT molecular complexity index is 2210. The molecule has 2 unspecified atom stereocenters. The molecule has 0 radical (unpaired) electrons. The summed E-state index contributed by atoms with van der Waals surface area (Å²) in [6.45, 7) is 3.18. The SMILES string of the molecule is C#Cc1c(F)ccc2cc(O)cc(-c3nc(OC)c4c(N5CC6CCC(C5)N6C(=O)CCC#N)nc(OCC5(CN6CCC(F)CC6)CC5)nc4c3F)c12. The van der Waals surface area contributed by atoms with Crippen LogP contribution in [-0.4, -0.2) is 100 Å². The first kappa shape index (κ1) is 35.7. The normalized spacial score (nSPS) is 20.9.